The predicted octanol–water partition coefficient (Wildman–Crippen LogP) is 1.04. The molecule has 8 heteroatoms. The summed E-state index contributed by atoms with van der Waals surface area (Å²) in [6, 6.07) is 9.95. The Morgan fingerprint density at radius 3 is 2.60 bits per heavy atom. The third kappa shape index (κ3) is 4.41. The molecule has 0 unspecified atom stereocenters. The minimum Gasteiger partial charge on any atom is -0.370 e. The number of nitrogens with one attached hydrogen (secondary N) is 2. The van der Waals surface area contributed by atoms with E-state index in [1.54, 1.807) is 11.3 Å². The number of nitro benzene ring substituents is 1. The predicted molar refractivity (Wildman–Crippen MR) is 94.0 cm³/mol. The van der Waals surface area contributed by atoms with Crippen LogP contribution in [0, 0.1) is 10.1 Å². The Labute approximate surface area is 149 Å². The average molecular weight is 362 g/mol. The smallest absolute Gasteiger partial charge is 0.269 e. The fraction of sp³-hybridized carbons (Fsp3) is 0.353. The van der Waals surface area contributed by atoms with Gasteiger partial charge in [-0.1, -0.05) is 6.07 Å². The number of quaternary nitrogens is 1. The molecule has 25 heavy (non-hydrogen) atoms. The van der Waals surface area contributed by atoms with E-state index >= 15 is 0 Å². The summed E-state index contributed by atoms with van der Waals surface area (Å²) in [6.07, 6.45) is 0. The summed E-state index contributed by atoms with van der Waals surface area (Å²) >= 11 is 1.69. The molecule has 0 spiro atoms. The Balaban J connectivity index is 1.65. The molecule has 1 amide bonds. The Bertz CT molecular complexity index is 712. The lowest BCUT2D eigenvalue weighted by atomic mass is 10.1. The quantitative estimate of drug-likeness (QED) is 0.594. The van der Waals surface area contributed by atoms with E-state index < -0.39 is 4.92 Å². The number of ether oxygens (including phenoxy) is 1. The van der Waals surface area contributed by atoms with E-state index in [0.29, 0.717) is 12.1 Å². The Morgan fingerprint density at radius 2 is 2.00 bits per heavy atom. The van der Waals surface area contributed by atoms with Crippen LogP contribution in [0.1, 0.15) is 21.3 Å². The summed E-state index contributed by atoms with van der Waals surface area (Å²) in [7, 11) is 0. The van der Waals surface area contributed by atoms with Gasteiger partial charge in [-0.3, -0.25) is 14.9 Å². The number of morpholine rings is 1. The van der Waals surface area contributed by atoms with Gasteiger partial charge < -0.3 is 15.0 Å². The molecule has 2 N–H and O–H groups in total. The molecule has 0 saturated carbocycles. The molecule has 1 saturated heterocycles. The van der Waals surface area contributed by atoms with E-state index in [2.05, 4.69) is 11.4 Å². The monoisotopic (exact) mass is 362 g/mol. The van der Waals surface area contributed by atoms with E-state index in [0.717, 1.165) is 26.3 Å². The van der Waals surface area contributed by atoms with Gasteiger partial charge in [0.15, 0.2) is 0 Å². The molecule has 1 aromatic heterocycles. The van der Waals surface area contributed by atoms with E-state index in [-0.39, 0.29) is 17.6 Å². The highest BCUT2D eigenvalue weighted by Gasteiger charge is 2.27. The molecule has 2 heterocycles. The summed E-state index contributed by atoms with van der Waals surface area (Å²) in [4.78, 5) is 25.2. The van der Waals surface area contributed by atoms with Crippen LogP contribution in [0.5, 0.6) is 0 Å². The summed E-state index contributed by atoms with van der Waals surface area (Å²) in [5.41, 5.74) is 0.401. The van der Waals surface area contributed by atoms with Gasteiger partial charge in [0, 0.05) is 17.7 Å². The van der Waals surface area contributed by atoms with Gasteiger partial charge in [-0.05, 0) is 23.6 Å². The van der Waals surface area contributed by atoms with Gasteiger partial charge in [0.05, 0.1) is 29.6 Å². The van der Waals surface area contributed by atoms with Crippen molar-refractivity contribution in [2.24, 2.45) is 0 Å². The molecular weight excluding hydrogens is 342 g/mol. The molecule has 132 valence electrons. The molecular formula is C17H20N3O4S+. The highest BCUT2D eigenvalue weighted by Crippen LogP contribution is 2.17. The first-order chi connectivity index (χ1) is 12.1. The van der Waals surface area contributed by atoms with Crippen molar-refractivity contribution in [2.45, 2.75) is 6.04 Å². The first-order valence-electron chi connectivity index (χ1n) is 8.13. The zero-order valence-corrected chi connectivity index (χ0v) is 14.5. The highest BCUT2D eigenvalue weighted by atomic mass is 32.1. The van der Waals surface area contributed by atoms with Gasteiger partial charge in [-0.25, -0.2) is 0 Å². The van der Waals surface area contributed by atoms with Crippen LogP contribution in [0.15, 0.2) is 41.8 Å². The van der Waals surface area contributed by atoms with E-state index in [9.17, 15) is 14.9 Å². The third-order valence-electron chi connectivity index (χ3n) is 4.32. The molecule has 0 radical (unpaired) electrons. The second-order valence-electron chi connectivity index (χ2n) is 5.85. The Kier molecular flexibility index (Phi) is 5.75. The zero-order valence-electron chi connectivity index (χ0n) is 13.6. The average Bonchev–Trinajstić information content (AvgIpc) is 3.17. The van der Waals surface area contributed by atoms with Crippen molar-refractivity contribution in [1.29, 1.82) is 0 Å². The minimum atomic E-state index is -0.476. The summed E-state index contributed by atoms with van der Waals surface area (Å²) in [5, 5.41) is 15.7. The first kappa shape index (κ1) is 17.5. The van der Waals surface area contributed by atoms with Gasteiger partial charge >= 0.3 is 0 Å². The number of thiophene rings is 1. The van der Waals surface area contributed by atoms with Crippen molar-refractivity contribution in [3.8, 4) is 0 Å². The second kappa shape index (κ2) is 8.19. The molecule has 1 fully saturated rings. The van der Waals surface area contributed by atoms with Crippen LogP contribution in [-0.4, -0.2) is 43.7 Å². The van der Waals surface area contributed by atoms with E-state index in [1.165, 1.54) is 34.0 Å². The fourth-order valence-corrected chi connectivity index (χ4v) is 3.83. The number of hydrogen-bond donors (Lipinski definition) is 2. The molecule has 0 bridgehead atoms. The third-order valence-corrected chi connectivity index (χ3v) is 5.31. The number of carbonyl (C=O) groups is 1. The van der Waals surface area contributed by atoms with Crippen LogP contribution in [0.3, 0.4) is 0 Å². The second-order valence-corrected chi connectivity index (χ2v) is 6.83. The number of rotatable bonds is 6. The zero-order chi connectivity index (χ0) is 17.6. The topological polar surface area (TPSA) is 85.9 Å². The SMILES string of the molecule is O=C(NC[C@H](c1cccs1)[NH+]1CCOCC1)c1ccc([N+](=O)[O-])cc1. The van der Waals surface area contributed by atoms with Gasteiger partial charge in [-0.15, -0.1) is 11.3 Å². The van der Waals surface area contributed by atoms with Crippen LogP contribution in [0.4, 0.5) is 5.69 Å². The number of carbonyl (C=O) groups excluding carboxylic acids is 1. The van der Waals surface area contributed by atoms with Crippen LogP contribution < -0.4 is 10.2 Å². The Morgan fingerprint density at radius 1 is 1.28 bits per heavy atom. The first-order valence-corrected chi connectivity index (χ1v) is 9.01. The van der Waals surface area contributed by atoms with Crippen LogP contribution in [-0.2, 0) is 4.74 Å². The van der Waals surface area contributed by atoms with Crippen molar-refractivity contribution < 1.29 is 19.4 Å². The maximum absolute atomic E-state index is 12.4. The number of benzene rings is 1. The van der Waals surface area contributed by atoms with Gasteiger partial charge in [0.2, 0.25) is 0 Å². The molecule has 1 atom stereocenters. The van der Waals surface area contributed by atoms with E-state index in [4.69, 9.17) is 4.74 Å². The standard InChI is InChI=1S/C17H19N3O4S/c21-17(13-3-5-14(6-4-13)20(22)23)18-12-15(16-2-1-11-25-16)19-7-9-24-10-8-19/h1-6,11,15H,7-10,12H2,(H,18,21)/p+1/t15-/m1/s1. The van der Waals surface area contributed by atoms with Crippen molar-refractivity contribution in [1.82, 2.24) is 5.32 Å². The van der Waals surface area contributed by atoms with Crippen LogP contribution >= 0.6 is 11.3 Å². The summed E-state index contributed by atoms with van der Waals surface area (Å²) < 4.78 is 5.43. The number of nitro groups is 1. The Hall–Kier alpha value is -2.29. The summed E-state index contributed by atoms with van der Waals surface area (Å²) in [6.45, 7) is 3.80. The van der Waals surface area contributed by atoms with Crippen LogP contribution in [0.2, 0.25) is 0 Å². The number of non-ortho nitro benzene ring substituents is 1. The maximum Gasteiger partial charge on any atom is 0.269 e. The highest BCUT2D eigenvalue weighted by molar-refractivity contribution is 7.10. The van der Waals surface area contributed by atoms with Gasteiger partial charge in [-0.2, -0.15) is 0 Å². The normalized spacial score (nSPS) is 16.3. The minimum absolute atomic E-state index is 0.0224. The van der Waals surface area contributed by atoms with Gasteiger partial charge in [0.1, 0.15) is 19.1 Å². The van der Waals surface area contributed by atoms with Gasteiger partial charge in [0.25, 0.3) is 11.6 Å². The molecule has 2 aromatic rings. The molecule has 1 aromatic carbocycles. The lowest BCUT2D eigenvalue weighted by Crippen LogP contribution is -3.15. The van der Waals surface area contributed by atoms with Crippen molar-refractivity contribution in [3.05, 3.63) is 62.3 Å². The summed E-state index contributed by atoms with van der Waals surface area (Å²) in [5.74, 6) is -0.218. The molecule has 0 aliphatic carbocycles. The lowest BCUT2D eigenvalue weighted by Gasteiger charge is -2.31. The fourth-order valence-electron chi connectivity index (χ4n) is 2.95. The van der Waals surface area contributed by atoms with Crippen LogP contribution in [0.25, 0.3) is 0 Å². The lowest BCUT2D eigenvalue weighted by molar-refractivity contribution is -0.937. The van der Waals surface area contributed by atoms with E-state index in [1.807, 2.05) is 11.4 Å². The van der Waals surface area contributed by atoms with Crippen molar-refractivity contribution in [3.63, 3.8) is 0 Å². The number of amides is 1. The maximum atomic E-state index is 12.4. The van der Waals surface area contributed by atoms with Crippen molar-refractivity contribution in [2.75, 3.05) is 32.8 Å². The number of hydrogen-bond acceptors (Lipinski definition) is 5. The molecule has 1 aliphatic heterocycles. The number of nitrogens with zero attached hydrogens (tertiary/aromatic N) is 1. The molecule has 3 rings (SSSR count). The van der Waals surface area contributed by atoms with Crippen molar-refractivity contribution >= 4 is 22.9 Å². The molecule has 7 nitrogen and oxygen atoms in total. The largest absolute Gasteiger partial charge is 0.370 e. The molecule has 1 aliphatic rings.